The quantitative estimate of drug-likeness (QED) is 0.531. The molecule has 1 fully saturated rings. The van der Waals surface area contributed by atoms with Crippen molar-refractivity contribution in [2.45, 2.75) is 6.54 Å². The maximum absolute atomic E-state index is 12.7. The van der Waals surface area contributed by atoms with E-state index in [2.05, 4.69) is 4.98 Å². The van der Waals surface area contributed by atoms with E-state index in [-0.39, 0.29) is 12.5 Å². The van der Waals surface area contributed by atoms with E-state index >= 15 is 0 Å². The van der Waals surface area contributed by atoms with Crippen LogP contribution in [0.15, 0.2) is 60.0 Å². The lowest BCUT2D eigenvalue weighted by atomic mass is 10.2. The average Bonchev–Trinajstić information content (AvgIpc) is 3.21. The van der Waals surface area contributed by atoms with Crippen molar-refractivity contribution in [1.29, 1.82) is 0 Å². The molecule has 3 aromatic rings. The Kier molecular flexibility index (Phi) is 7.00. The zero-order valence-corrected chi connectivity index (χ0v) is 19.6. The lowest BCUT2D eigenvalue weighted by Gasteiger charge is -2.33. The number of nitrogens with zero attached hydrogens (tertiary/aromatic N) is 4. The van der Waals surface area contributed by atoms with Gasteiger partial charge in [-0.15, -0.1) is 11.3 Å². The standard InChI is InChI=1S/C23H26N4O3S2/c1-25(17-22-24-20-9-5-6-10-21(20)31-22)23(28)18-26-12-14-27(15-13-26)32(29,30)16-11-19-7-3-2-4-8-19/h2-11,16H,12-15,17-18H2,1H3. The summed E-state index contributed by atoms with van der Waals surface area (Å²) in [5.74, 6) is 0.00420. The molecule has 0 bridgehead atoms. The highest BCUT2D eigenvalue weighted by Gasteiger charge is 2.26. The number of thiazole rings is 1. The van der Waals surface area contributed by atoms with Crippen LogP contribution in [0, 0.1) is 0 Å². The van der Waals surface area contributed by atoms with Crippen LogP contribution in [0.4, 0.5) is 0 Å². The smallest absolute Gasteiger partial charge is 0.236 e. The van der Waals surface area contributed by atoms with Crippen molar-refractivity contribution in [3.63, 3.8) is 0 Å². The molecule has 168 valence electrons. The molecule has 1 aliphatic heterocycles. The Morgan fingerprint density at radius 1 is 1.06 bits per heavy atom. The molecule has 0 N–H and O–H groups in total. The van der Waals surface area contributed by atoms with Crippen molar-refractivity contribution in [3.8, 4) is 0 Å². The van der Waals surface area contributed by atoms with Crippen molar-refractivity contribution in [1.82, 2.24) is 19.1 Å². The molecule has 0 aliphatic carbocycles. The molecule has 1 aromatic heterocycles. The van der Waals surface area contributed by atoms with Crippen LogP contribution in [0.5, 0.6) is 0 Å². The topological polar surface area (TPSA) is 73.8 Å². The van der Waals surface area contributed by atoms with Crippen LogP contribution in [0.2, 0.25) is 0 Å². The van der Waals surface area contributed by atoms with E-state index in [0.29, 0.717) is 32.7 Å². The molecule has 0 unspecified atom stereocenters. The fourth-order valence-electron chi connectivity index (χ4n) is 3.55. The minimum absolute atomic E-state index is 0.00420. The third kappa shape index (κ3) is 5.60. The first-order valence-electron chi connectivity index (χ1n) is 10.4. The molecule has 0 radical (unpaired) electrons. The number of hydrogen-bond acceptors (Lipinski definition) is 6. The predicted molar refractivity (Wildman–Crippen MR) is 129 cm³/mol. The summed E-state index contributed by atoms with van der Waals surface area (Å²) < 4.78 is 27.8. The summed E-state index contributed by atoms with van der Waals surface area (Å²) in [6.07, 6.45) is 1.61. The Morgan fingerprint density at radius 2 is 1.75 bits per heavy atom. The first-order valence-corrected chi connectivity index (χ1v) is 12.8. The zero-order chi connectivity index (χ0) is 22.6. The Hall–Kier alpha value is -2.59. The lowest BCUT2D eigenvalue weighted by molar-refractivity contribution is -0.131. The summed E-state index contributed by atoms with van der Waals surface area (Å²) in [5, 5.41) is 2.16. The largest absolute Gasteiger partial charge is 0.338 e. The number of amides is 1. The second-order valence-corrected chi connectivity index (χ2v) is 10.7. The van der Waals surface area contributed by atoms with Crippen LogP contribution in [-0.2, 0) is 21.4 Å². The van der Waals surface area contributed by atoms with Crippen molar-refractivity contribution in [2.75, 3.05) is 39.8 Å². The van der Waals surface area contributed by atoms with Gasteiger partial charge in [0.25, 0.3) is 0 Å². The lowest BCUT2D eigenvalue weighted by Crippen LogP contribution is -2.50. The first kappa shape index (κ1) is 22.6. The number of fused-ring (bicyclic) bond motifs is 1. The number of benzene rings is 2. The van der Waals surface area contributed by atoms with Crippen molar-refractivity contribution in [2.24, 2.45) is 0 Å². The molecule has 1 aliphatic rings. The molecule has 1 amide bonds. The number of rotatable bonds is 7. The minimum atomic E-state index is -3.48. The van der Waals surface area contributed by atoms with E-state index in [1.54, 1.807) is 29.4 Å². The van der Waals surface area contributed by atoms with E-state index in [0.717, 1.165) is 20.8 Å². The highest BCUT2D eigenvalue weighted by Crippen LogP contribution is 2.22. The van der Waals surface area contributed by atoms with Crippen LogP contribution >= 0.6 is 11.3 Å². The van der Waals surface area contributed by atoms with Crippen molar-refractivity contribution < 1.29 is 13.2 Å². The number of para-hydroxylation sites is 1. The number of sulfonamides is 1. The van der Waals surface area contributed by atoms with Gasteiger partial charge in [-0.1, -0.05) is 42.5 Å². The molecule has 7 nitrogen and oxygen atoms in total. The van der Waals surface area contributed by atoms with Gasteiger partial charge in [-0.2, -0.15) is 4.31 Å². The second kappa shape index (κ2) is 9.91. The highest BCUT2D eigenvalue weighted by atomic mass is 32.2. The van der Waals surface area contributed by atoms with Gasteiger partial charge in [0.15, 0.2) is 0 Å². The summed E-state index contributed by atoms with van der Waals surface area (Å²) in [6.45, 7) is 2.54. The molecule has 0 atom stereocenters. The molecular weight excluding hydrogens is 444 g/mol. The van der Waals surface area contributed by atoms with E-state index in [1.807, 2.05) is 59.5 Å². The Morgan fingerprint density at radius 3 is 2.47 bits per heavy atom. The van der Waals surface area contributed by atoms with Gasteiger partial charge in [0.2, 0.25) is 15.9 Å². The number of likely N-dealkylation sites (N-methyl/N-ethyl adjacent to an activating group) is 1. The molecule has 2 heterocycles. The van der Waals surface area contributed by atoms with E-state index < -0.39 is 10.0 Å². The summed E-state index contributed by atoms with van der Waals surface area (Å²) in [5.41, 5.74) is 1.79. The van der Waals surface area contributed by atoms with Crippen LogP contribution in [0.25, 0.3) is 16.3 Å². The SMILES string of the molecule is CN(Cc1nc2ccccc2s1)C(=O)CN1CCN(S(=O)(=O)C=Cc2ccccc2)CC1. The third-order valence-electron chi connectivity index (χ3n) is 5.42. The second-order valence-electron chi connectivity index (χ2n) is 7.76. The molecule has 1 saturated heterocycles. The van der Waals surface area contributed by atoms with Crippen molar-refractivity contribution >= 4 is 43.6 Å². The van der Waals surface area contributed by atoms with Crippen LogP contribution in [0.1, 0.15) is 10.6 Å². The molecule has 32 heavy (non-hydrogen) atoms. The van der Waals surface area contributed by atoms with E-state index in [9.17, 15) is 13.2 Å². The average molecular weight is 471 g/mol. The summed E-state index contributed by atoms with van der Waals surface area (Å²) in [4.78, 5) is 21.0. The Labute approximate surface area is 192 Å². The van der Waals surface area contributed by atoms with Gasteiger partial charge in [0.1, 0.15) is 5.01 Å². The number of hydrogen-bond donors (Lipinski definition) is 0. The van der Waals surface area contributed by atoms with Crippen molar-refractivity contribution in [3.05, 3.63) is 70.6 Å². The molecule has 9 heteroatoms. The third-order valence-corrected chi connectivity index (χ3v) is 8.00. The Bertz CT molecular complexity index is 1170. The normalized spacial score (nSPS) is 16.0. The monoisotopic (exact) mass is 470 g/mol. The number of carbonyl (C=O) groups excluding carboxylic acids is 1. The predicted octanol–water partition coefficient (Wildman–Crippen LogP) is 2.87. The molecule has 2 aromatic carbocycles. The summed E-state index contributed by atoms with van der Waals surface area (Å²) >= 11 is 1.60. The maximum atomic E-state index is 12.7. The van der Waals surface area contributed by atoms with E-state index in [4.69, 9.17) is 0 Å². The molecule has 0 saturated carbocycles. The number of carbonyl (C=O) groups is 1. The highest BCUT2D eigenvalue weighted by molar-refractivity contribution is 7.92. The van der Waals surface area contributed by atoms with Gasteiger partial charge in [0, 0.05) is 38.6 Å². The number of aromatic nitrogens is 1. The maximum Gasteiger partial charge on any atom is 0.236 e. The summed E-state index contributed by atoms with van der Waals surface area (Å²) in [6, 6.07) is 17.3. The first-order chi connectivity index (χ1) is 15.4. The van der Waals surface area contributed by atoms with Crippen LogP contribution in [-0.4, -0.2) is 73.2 Å². The van der Waals surface area contributed by atoms with Gasteiger partial charge < -0.3 is 4.90 Å². The van der Waals surface area contributed by atoms with Crippen LogP contribution in [0.3, 0.4) is 0 Å². The van der Waals surface area contributed by atoms with Crippen LogP contribution < -0.4 is 0 Å². The minimum Gasteiger partial charge on any atom is -0.338 e. The van der Waals surface area contributed by atoms with E-state index in [1.165, 1.54) is 9.71 Å². The molecular formula is C23H26N4O3S2. The fraction of sp³-hybridized carbons (Fsp3) is 0.304. The number of piperazine rings is 1. The Balaban J connectivity index is 1.27. The van der Waals surface area contributed by atoms with Gasteiger partial charge >= 0.3 is 0 Å². The van der Waals surface area contributed by atoms with Gasteiger partial charge in [0.05, 0.1) is 23.3 Å². The molecule has 4 rings (SSSR count). The van der Waals surface area contributed by atoms with Gasteiger partial charge in [-0.3, -0.25) is 9.69 Å². The zero-order valence-electron chi connectivity index (χ0n) is 17.9. The van der Waals surface area contributed by atoms with Gasteiger partial charge in [-0.25, -0.2) is 13.4 Å². The molecule has 0 spiro atoms. The fourth-order valence-corrected chi connectivity index (χ4v) is 5.74. The summed E-state index contributed by atoms with van der Waals surface area (Å²) in [7, 11) is -1.70. The van der Waals surface area contributed by atoms with Gasteiger partial charge in [-0.05, 0) is 23.8 Å².